The Kier molecular flexibility index (Phi) is 6.23. The van der Waals surface area contributed by atoms with E-state index in [1.54, 1.807) is 6.92 Å². The highest BCUT2D eigenvalue weighted by Gasteiger charge is 2.28. The topological polar surface area (TPSA) is 76.9 Å². The molecule has 24 heavy (non-hydrogen) atoms. The monoisotopic (exact) mass is 355 g/mol. The van der Waals surface area contributed by atoms with Gasteiger partial charge in [0.05, 0.1) is 43.0 Å². The van der Waals surface area contributed by atoms with Crippen LogP contribution in [0.1, 0.15) is 37.0 Å². The van der Waals surface area contributed by atoms with E-state index in [9.17, 15) is 13.2 Å². The summed E-state index contributed by atoms with van der Waals surface area (Å²) in [7, 11) is -1.89. The number of benzene rings is 1. The third-order valence-corrected chi connectivity index (χ3v) is 6.48. The van der Waals surface area contributed by atoms with Crippen LogP contribution in [0.4, 0.5) is 0 Å². The fraction of sp³-hybridized carbons (Fsp3) is 0.588. The van der Waals surface area contributed by atoms with Gasteiger partial charge in [0.15, 0.2) is 9.84 Å². The number of quaternary nitrogens is 1. The van der Waals surface area contributed by atoms with Gasteiger partial charge in [-0.3, -0.25) is 4.79 Å². The van der Waals surface area contributed by atoms with Gasteiger partial charge in [-0.05, 0) is 25.1 Å². The molecule has 1 heterocycles. The maximum atomic E-state index is 12.5. The molecule has 1 amide bonds. The Labute approximate surface area is 144 Å². The van der Waals surface area contributed by atoms with Crippen molar-refractivity contribution in [2.75, 3.05) is 32.5 Å². The number of amides is 1. The standard InChI is InChI=1S/C17H26N2O4S/c1-4-19-10-6-7-13(19)12-18-17(20)15-11-14(24(21,22)5-2)8-9-16(15)23-3/h8-9,11,13H,4-7,10,12H2,1-3H3,(H,18,20)/p+1/t13-/m1/s1. The molecular weight excluding hydrogens is 328 g/mol. The molecule has 1 saturated heterocycles. The molecular formula is C17H27N2O4S+. The molecule has 2 atom stereocenters. The number of methoxy groups -OCH3 is 1. The van der Waals surface area contributed by atoms with Crippen molar-refractivity contribution in [2.24, 2.45) is 0 Å². The van der Waals surface area contributed by atoms with Gasteiger partial charge in [0.1, 0.15) is 11.8 Å². The van der Waals surface area contributed by atoms with Crippen molar-refractivity contribution in [1.82, 2.24) is 5.32 Å². The van der Waals surface area contributed by atoms with Crippen LogP contribution in [-0.4, -0.2) is 52.9 Å². The van der Waals surface area contributed by atoms with E-state index in [1.165, 1.54) is 36.6 Å². The molecule has 1 aliphatic heterocycles. The van der Waals surface area contributed by atoms with Crippen LogP contribution in [0.2, 0.25) is 0 Å². The number of hydrogen-bond acceptors (Lipinski definition) is 4. The van der Waals surface area contributed by atoms with Gasteiger partial charge in [-0.2, -0.15) is 0 Å². The third-order valence-electron chi connectivity index (χ3n) is 4.75. The number of likely N-dealkylation sites (N-methyl/N-ethyl adjacent to an activating group) is 1. The number of rotatable bonds is 7. The van der Waals surface area contributed by atoms with Crippen LogP contribution in [-0.2, 0) is 9.84 Å². The molecule has 0 bridgehead atoms. The van der Waals surface area contributed by atoms with Crippen LogP contribution >= 0.6 is 0 Å². The lowest BCUT2D eigenvalue weighted by Crippen LogP contribution is -3.14. The molecule has 2 N–H and O–H groups in total. The van der Waals surface area contributed by atoms with Gasteiger partial charge in [-0.25, -0.2) is 8.42 Å². The van der Waals surface area contributed by atoms with E-state index in [1.807, 2.05) is 0 Å². The fourth-order valence-corrected chi connectivity index (χ4v) is 4.14. The summed E-state index contributed by atoms with van der Waals surface area (Å²) in [6.45, 7) is 6.52. The van der Waals surface area contributed by atoms with Crippen molar-refractivity contribution in [3.63, 3.8) is 0 Å². The molecule has 1 unspecified atom stereocenters. The van der Waals surface area contributed by atoms with Crippen LogP contribution in [0, 0.1) is 0 Å². The van der Waals surface area contributed by atoms with E-state index in [0.717, 1.165) is 19.5 Å². The highest BCUT2D eigenvalue weighted by atomic mass is 32.2. The normalized spacial score (nSPS) is 20.8. The Morgan fingerprint density at radius 3 is 2.75 bits per heavy atom. The molecule has 1 fully saturated rings. The van der Waals surface area contributed by atoms with Crippen LogP contribution in [0.5, 0.6) is 5.75 Å². The van der Waals surface area contributed by atoms with Crippen molar-refractivity contribution >= 4 is 15.7 Å². The highest BCUT2D eigenvalue weighted by molar-refractivity contribution is 7.91. The minimum absolute atomic E-state index is 0.00270. The average molecular weight is 355 g/mol. The summed E-state index contributed by atoms with van der Waals surface area (Å²) in [6, 6.07) is 4.85. The van der Waals surface area contributed by atoms with Crippen LogP contribution in [0.15, 0.2) is 23.1 Å². The first-order chi connectivity index (χ1) is 11.4. The number of carbonyl (C=O) groups excluding carboxylic acids is 1. The van der Waals surface area contributed by atoms with Crippen LogP contribution in [0.3, 0.4) is 0 Å². The maximum Gasteiger partial charge on any atom is 0.255 e. The second-order valence-corrected chi connectivity index (χ2v) is 8.35. The molecule has 2 rings (SSSR count). The van der Waals surface area contributed by atoms with Gasteiger partial charge < -0.3 is 15.0 Å². The van der Waals surface area contributed by atoms with Crippen molar-refractivity contribution in [3.8, 4) is 5.75 Å². The molecule has 0 radical (unpaired) electrons. The second-order valence-electron chi connectivity index (χ2n) is 6.08. The maximum absolute atomic E-state index is 12.5. The number of likely N-dealkylation sites (tertiary alicyclic amines) is 1. The number of hydrogen-bond donors (Lipinski definition) is 2. The summed E-state index contributed by atoms with van der Waals surface area (Å²) >= 11 is 0. The van der Waals surface area contributed by atoms with Gasteiger partial charge in [-0.1, -0.05) is 6.92 Å². The Bertz CT molecular complexity index is 688. The lowest BCUT2D eigenvalue weighted by molar-refractivity contribution is -0.909. The quantitative estimate of drug-likeness (QED) is 0.737. The van der Waals surface area contributed by atoms with Gasteiger partial charge >= 0.3 is 0 Å². The SMILES string of the molecule is CC[NH+]1CCC[C@@H]1CNC(=O)c1cc(S(=O)(=O)CC)ccc1OC. The summed E-state index contributed by atoms with van der Waals surface area (Å²) in [5.74, 6) is 0.0908. The molecule has 1 aliphatic rings. The summed E-state index contributed by atoms with van der Waals surface area (Å²) in [5, 5.41) is 2.94. The molecule has 6 nitrogen and oxygen atoms in total. The zero-order valence-electron chi connectivity index (χ0n) is 14.6. The van der Waals surface area contributed by atoms with Crippen LogP contribution in [0.25, 0.3) is 0 Å². The van der Waals surface area contributed by atoms with Crippen LogP contribution < -0.4 is 15.0 Å². The molecule has 1 aromatic carbocycles. The molecule has 0 spiro atoms. The Balaban J connectivity index is 2.17. The number of carbonyl (C=O) groups is 1. The summed E-state index contributed by atoms with van der Waals surface area (Å²) < 4.78 is 29.3. The Morgan fingerprint density at radius 1 is 1.38 bits per heavy atom. The van der Waals surface area contributed by atoms with E-state index < -0.39 is 9.84 Å². The molecule has 0 aromatic heterocycles. The first kappa shape index (κ1) is 18.7. The average Bonchev–Trinajstić information content (AvgIpc) is 3.06. The first-order valence-corrected chi connectivity index (χ1v) is 10.1. The van der Waals surface area contributed by atoms with E-state index >= 15 is 0 Å². The Hall–Kier alpha value is -1.60. The molecule has 1 aromatic rings. The Morgan fingerprint density at radius 2 is 2.12 bits per heavy atom. The smallest absolute Gasteiger partial charge is 0.255 e. The largest absolute Gasteiger partial charge is 0.496 e. The van der Waals surface area contributed by atoms with Gasteiger partial charge in [0.2, 0.25) is 0 Å². The van der Waals surface area contributed by atoms with Crippen molar-refractivity contribution in [3.05, 3.63) is 23.8 Å². The zero-order chi connectivity index (χ0) is 17.7. The predicted molar refractivity (Wildman–Crippen MR) is 92.4 cm³/mol. The lowest BCUT2D eigenvalue weighted by Gasteiger charge is -2.20. The lowest BCUT2D eigenvalue weighted by atomic mass is 10.1. The van der Waals surface area contributed by atoms with Gasteiger partial charge in [0.25, 0.3) is 5.91 Å². The van der Waals surface area contributed by atoms with E-state index in [0.29, 0.717) is 18.3 Å². The second kappa shape index (κ2) is 7.98. The zero-order valence-corrected chi connectivity index (χ0v) is 15.4. The van der Waals surface area contributed by atoms with Crippen molar-refractivity contribution in [2.45, 2.75) is 37.6 Å². The van der Waals surface area contributed by atoms with Crippen molar-refractivity contribution < 1.29 is 22.8 Å². The third kappa shape index (κ3) is 4.08. The predicted octanol–water partition coefficient (Wildman–Crippen LogP) is 0.286. The summed E-state index contributed by atoms with van der Waals surface area (Å²) in [6.07, 6.45) is 2.28. The summed E-state index contributed by atoms with van der Waals surface area (Å²) in [4.78, 5) is 14.2. The minimum atomic E-state index is -3.36. The van der Waals surface area contributed by atoms with Gasteiger partial charge in [0, 0.05) is 12.8 Å². The first-order valence-electron chi connectivity index (χ1n) is 8.46. The van der Waals surface area contributed by atoms with E-state index in [-0.39, 0.29) is 22.1 Å². The van der Waals surface area contributed by atoms with E-state index in [4.69, 9.17) is 4.74 Å². The molecule has 134 valence electrons. The molecule has 7 heteroatoms. The highest BCUT2D eigenvalue weighted by Crippen LogP contribution is 2.23. The molecule has 0 aliphatic carbocycles. The number of nitrogens with one attached hydrogen (secondary N) is 2. The van der Waals surface area contributed by atoms with Crippen molar-refractivity contribution in [1.29, 1.82) is 0 Å². The van der Waals surface area contributed by atoms with E-state index in [2.05, 4.69) is 12.2 Å². The fourth-order valence-electron chi connectivity index (χ4n) is 3.23. The summed E-state index contributed by atoms with van der Waals surface area (Å²) in [5.41, 5.74) is 0.267. The number of sulfone groups is 1. The number of ether oxygens (including phenoxy) is 1. The molecule has 0 saturated carbocycles. The minimum Gasteiger partial charge on any atom is -0.496 e. The van der Waals surface area contributed by atoms with Gasteiger partial charge in [-0.15, -0.1) is 0 Å².